The first-order chi connectivity index (χ1) is 28.8. The lowest BCUT2D eigenvalue weighted by Crippen LogP contribution is -3.29. The van der Waals surface area contributed by atoms with E-state index in [0.717, 1.165) is 103 Å². The van der Waals surface area contributed by atoms with Gasteiger partial charge in [-0.15, -0.1) is 0 Å². The highest BCUT2D eigenvalue weighted by Crippen LogP contribution is 2.43. The predicted octanol–water partition coefficient (Wildman–Crippen LogP) is 5.70. The van der Waals surface area contributed by atoms with E-state index in [-0.39, 0.29) is 48.1 Å². The SMILES string of the molecule is CCC[C@H]1CCC[C@]2(NC3N[C@@]4(CCC=C[C@@H](CC)O4)C[C@H]4CC[C@@H]([C@H]2C(=O)OCCCCCCCCCCCCCCCC(=O)N(CCCN)CC(O)CCN)[NH+]34)O1. The predicted molar refractivity (Wildman–Crippen MR) is 234 cm³/mol. The Balaban J connectivity index is 0.957. The minimum Gasteiger partial charge on any atom is -0.465 e. The van der Waals surface area contributed by atoms with Gasteiger partial charge in [0.2, 0.25) is 12.2 Å². The van der Waals surface area contributed by atoms with Crippen molar-refractivity contribution in [3.8, 4) is 0 Å². The van der Waals surface area contributed by atoms with Gasteiger partial charge in [-0.05, 0) is 83.7 Å². The summed E-state index contributed by atoms with van der Waals surface area (Å²) in [7, 11) is 0. The summed E-state index contributed by atoms with van der Waals surface area (Å²) < 4.78 is 20.1. The van der Waals surface area contributed by atoms with E-state index < -0.39 is 11.8 Å². The number of carbonyl (C=O) groups is 2. The molecule has 8 N–H and O–H groups in total. The molecule has 3 unspecified atom stereocenters. The second-order valence-corrected chi connectivity index (χ2v) is 18.8. The van der Waals surface area contributed by atoms with Crippen molar-refractivity contribution in [2.45, 2.75) is 235 Å². The maximum atomic E-state index is 14.2. The number of hydrogen-bond acceptors (Lipinski definition) is 10. The van der Waals surface area contributed by atoms with Crippen LogP contribution in [0, 0.1) is 5.92 Å². The van der Waals surface area contributed by atoms with Crippen molar-refractivity contribution in [3.63, 3.8) is 0 Å². The number of nitrogens with two attached hydrogens (primary N) is 2. The minimum absolute atomic E-state index is 0.00637. The lowest BCUT2D eigenvalue weighted by Gasteiger charge is -2.58. The smallest absolute Gasteiger partial charge is 0.319 e. The van der Waals surface area contributed by atoms with Crippen LogP contribution in [-0.2, 0) is 23.8 Å². The average Bonchev–Trinajstić information content (AvgIpc) is 3.53. The van der Waals surface area contributed by atoms with Gasteiger partial charge in [-0.25, -0.2) is 10.6 Å². The fraction of sp³-hybridized carbons (Fsp3) is 0.915. The molecular formula is C47H87N6O6+. The number of aliphatic hydroxyl groups excluding tert-OH is 1. The molecule has 5 heterocycles. The molecule has 5 aliphatic heterocycles. The molecule has 0 aromatic heterocycles. The number of rotatable bonds is 27. The molecule has 12 nitrogen and oxygen atoms in total. The van der Waals surface area contributed by atoms with Crippen LogP contribution in [0.1, 0.15) is 187 Å². The Kier molecular flexibility index (Phi) is 20.9. The van der Waals surface area contributed by atoms with Crippen molar-refractivity contribution in [2.24, 2.45) is 17.4 Å². The zero-order chi connectivity index (χ0) is 41.9. The molecule has 4 saturated heterocycles. The van der Waals surface area contributed by atoms with Crippen LogP contribution in [0.25, 0.3) is 0 Å². The quantitative estimate of drug-likeness (QED) is 0.0344. The Morgan fingerprint density at radius 2 is 1.61 bits per heavy atom. The normalized spacial score (nSPS) is 31.9. The van der Waals surface area contributed by atoms with Gasteiger partial charge >= 0.3 is 5.97 Å². The number of nitrogens with one attached hydrogen (secondary N) is 3. The number of ether oxygens (including phenoxy) is 3. The summed E-state index contributed by atoms with van der Waals surface area (Å²) in [6.45, 7) is 6.86. The summed E-state index contributed by atoms with van der Waals surface area (Å²) in [6, 6.07) is 0.630. The average molecular weight is 832 g/mol. The molecular weight excluding hydrogens is 745 g/mol. The van der Waals surface area contributed by atoms with E-state index in [2.05, 4.69) is 36.6 Å². The molecule has 59 heavy (non-hydrogen) atoms. The summed E-state index contributed by atoms with van der Waals surface area (Å²) in [5, 5.41) is 18.1. The first-order valence-electron chi connectivity index (χ1n) is 24.7. The van der Waals surface area contributed by atoms with E-state index in [9.17, 15) is 14.7 Å². The molecule has 1 amide bonds. The summed E-state index contributed by atoms with van der Waals surface area (Å²) in [5.41, 5.74) is 10.2. The molecule has 12 heteroatoms. The maximum absolute atomic E-state index is 14.2. The third kappa shape index (κ3) is 14.2. The van der Waals surface area contributed by atoms with E-state index in [1.165, 1.54) is 62.7 Å². The molecule has 0 aromatic carbocycles. The van der Waals surface area contributed by atoms with Crippen LogP contribution in [0.15, 0.2) is 12.2 Å². The summed E-state index contributed by atoms with van der Waals surface area (Å²) >= 11 is 0. The Bertz CT molecular complexity index is 1260. The number of amides is 1. The first kappa shape index (κ1) is 48.4. The fourth-order valence-electron chi connectivity index (χ4n) is 11.2. The van der Waals surface area contributed by atoms with Gasteiger partial charge in [0.25, 0.3) is 0 Å². The van der Waals surface area contributed by atoms with Crippen LogP contribution >= 0.6 is 0 Å². The molecule has 5 rings (SSSR count). The second-order valence-electron chi connectivity index (χ2n) is 18.8. The van der Waals surface area contributed by atoms with Gasteiger partial charge in [0.05, 0.1) is 31.0 Å². The van der Waals surface area contributed by atoms with E-state index in [1.807, 2.05) is 0 Å². The number of aliphatic hydroxyl groups is 1. The highest BCUT2D eigenvalue weighted by atomic mass is 16.6. The van der Waals surface area contributed by atoms with E-state index in [4.69, 9.17) is 25.7 Å². The molecule has 0 aliphatic carbocycles. The summed E-state index contributed by atoms with van der Waals surface area (Å²) in [6.07, 6.45) is 32.5. The van der Waals surface area contributed by atoms with Gasteiger partial charge in [-0.2, -0.15) is 0 Å². The highest BCUT2D eigenvalue weighted by molar-refractivity contribution is 5.76. The number of carbonyl (C=O) groups excluding carboxylic acids is 2. The number of allylic oxidation sites excluding steroid dienone is 1. The van der Waals surface area contributed by atoms with E-state index in [0.29, 0.717) is 51.7 Å². The van der Waals surface area contributed by atoms with E-state index >= 15 is 0 Å². The van der Waals surface area contributed by atoms with Crippen LogP contribution in [0.5, 0.6) is 0 Å². The van der Waals surface area contributed by atoms with Gasteiger partial charge in [-0.1, -0.05) is 103 Å². The standard InChI is InChI=1S/C47H86N6O6/c1-3-22-40-24-20-30-47(59-40)43(41-27-26-37-35-46(50-45(51-47)53(37)41)29-18-17-23-39(4-2)58-46)44(56)57-34-19-15-13-11-9-7-5-6-8-10-12-14-16-25-42(55)52(33-21-31-48)36-38(54)28-32-49/h17,23,37-41,43,45,50-51,54H,3-16,18-22,24-36,48-49H2,1-2H3/p+1/t37-,38?,39-,40+,41+,43+,45?,46-,47+/m1/s1. The van der Waals surface area contributed by atoms with Crippen molar-refractivity contribution >= 4 is 11.9 Å². The van der Waals surface area contributed by atoms with Crippen molar-refractivity contribution in [1.82, 2.24) is 15.5 Å². The van der Waals surface area contributed by atoms with Gasteiger partial charge in [-0.3, -0.25) is 9.59 Å². The van der Waals surface area contributed by atoms with Crippen LogP contribution in [0.3, 0.4) is 0 Å². The number of esters is 1. The van der Waals surface area contributed by atoms with E-state index in [1.54, 1.807) is 4.90 Å². The third-order valence-electron chi connectivity index (χ3n) is 14.2. The summed E-state index contributed by atoms with van der Waals surface area (Å²) in [5.74, 6) is -0.229. The molecule has 0 saturated carbocycles. The summed E-state index contributed by atoms with van der Waals surface area (Å²) in [4.78, 5) is 30.2. The van der Waals surface area contributed by atoms with Gasteiger partial charge < -0.3 is 40.6 Å². The Morgan fingerprint density at radius 1 is 0.898 bits per heavy atom. The lowest BCUT2D eigenvalue weighted by atomic mass is 9.79. The van der Waals surface area contributed by atoms with Gasteiger partial charge in [0, 0.05) is 38.8 Å². The largest absolute Gasteiger partial charge is 0.465 e. The molecule has 340 valence electrons. The Morgan fingerprint density at radius 3 is 2.29 bits per heavy atom. The van der Waals surface area contributed by atoms with Crippen molar-refractivity contribution in [2.75, 3.05) is 32.8 Å². The van der Waals surface area contributed by atoms with Crippen LogP contribution in [-0.4, -0.2) is 103 Å². The molecule has 4 fully saturated rings. The monoisotopic (exact) mass is 832 g/mol. The minimum atomic E-state index is -0.703. The molecule has 0 aromatic rings. The molecule has 10 atom stereocenters. The molecule has 5 aliphatic rings. The van der Waals surface area contributed by atoms with Crippen LogP contribution in [0.4, 0.5) is 0 Å². The zero-order valence-corrected chi connectivity index (χ0v) is 37.4. The van der Waals surface area contributed by atoms with Gasteiger partial charge in [0.15, 0.2) is 5.92 Å². The molecule has 0 radical (unpaired) electrons. The van der Waals surface area contributed by atoms with Crippen molar-refractivity contribution in [3.05, 3.63) is 12.2 Å². The highest BCUT2D eigenvalue weighted by Gasteiger charge is 2.67. The van der Waals surface area contributed by atoms with Crippen molar-refractivity contribution in [1.29, 1.82) is 0 Å². The third-order valence-corrected chi connectivity index (χ3v) is 14.2. The van der Waals surface area contributed by atoms with Crippen LogP contribution in [0.2, 0.25) is 0 Å². The first-order valence-corrected chi connectivity index (χ1v) is 24.7. The maximum Gasteiger partial charge on any atom is 0.319 e. The zero-order valence-electron chi connectivity index (χ0n) is 37.4. The molecule has 0 bridgehead atoms. The Hall–Kier alpha value is -1.64. The topological polar surface area (TPSA) is 166 Å². The number of hydrogen-bond donors (Lipinski definition) is 6. The number of unbranched alkanes of at least 4 members (excludes halogenated alkanes) is 12. The number of quaternary nitrogens is 1. The lowest BCUT2D eigenvalue weighted by molar-refractivity contribution is -0.985. The van der Waals surface area contributed by atoms with Crippen LogP contribution < -0.4 is 27.0 Å². The fourth-order valence-corrected chi connectivity index (χ4v) is 11.2. The van der Waals surface area contributed by atoms with Crippen molar-refractivity contribution < 1.29 is 33.8 Å². The molecule has 2 spiro atoms. The second kappa shape index (κ2) is 25.5. The van der Waals surface area contributed by atoms with Gasteiger partial charge in [0.1, 0.15) is 17.5 Å². The number of nitrogens with zero attached hydrogens (tertiary/aromatic N) is 1. The Labute approximate surface area is 358 Å².